The number of piperazine rings is 1. The van der Waals surface area contributed by atoms with Crippen molar-refractivity contribution in [3.63, 3.8) is 0 Å². The van der Waals surface area contributed by atoms with E-state index in [9.17, 15) is 9.50 Å². The Balaban J connectivity index is 2.24. The van der Waals surface area contributed by atoms with Gasteiger partial charge in [0.2, 0.25) is 0 Å². The molecule has 3 nitrogen and oxygen atoms in total. The first kappa shape index (κ1) is 13.8. The van der Waals surface area contributed by atoms with Crippen LogP contribution in [0.25, 0.3) is 0 Å². The molecule has 18 heavy (non-hydrogen) atoms. The molecule has 100 valence electrons. The van der Waals surface area contributed by atoms with Crippen LogP contribution in [0.1, 0.15) is 18.0 Å². The molecule has 2 N–H and O–H groups in total. The van der Waals surface area contributed by atoms with E-state index in [0.29, 0.717) is 6.42 Å². The van der Waals surface area contributed by atoms with Crippen molar-refractivity contribution in [1.82, 2.24) is 10.2 Å². The van der Waals surface area contributed by atoms with Crippen molar-refractivity contribution in [3.8, 4) is 5.75 Å². The first-order valence-electron chi connectivity index (χ1n) is 6.21. The summed E-state index contributed by atoms with van der Waals surface area (Å²) in [5.41, 5.74) is 0.809. The van der Waals surface area contributed by atoms with Gasteiger partial charge in [-0.05, 0) is 24.6 Å². The maximum atomic E-state index is 12.8. The number of phenols is 1. The topological polar surface area (TPSA) is 35.5 Å². The first-order valence-corrected chi connectivity index (χ1v) is 7.01. The fourth-order valence-corrected chi connectivity index (χ4v) is 2.80. The van der Waals surface area contributed by atoms with Gasteiger partial charge in [0.25, 0.3) is 0 Å². The summed E-state index contributed by atoms with van der Waals surface area (Å²) in [4.78, 5) is 2.23. The Morgan fingerprint density at radius 2 is 2.11 bits per heavy atom. The smallest absolute Gasteiger partial charge is 0.120 e. The standard InChI is InChI=1S/C13H18BrFN2O/c14-10-1-2-13(18)11(9-10)12(3-4-15)17-7-5-16-6-8-17/h1-2,9,12,16,18H,3-8H2/t12-/m0/s1. The molecular weight excluding hydrogens is 299 g/mol. The van der Waals surface area contributed by atoms with Gasteiger partial charge in [0, 0.05) is 42.3 Å². The van der Waals surface area contributed by atoms with E-state index in [1.165, 1.54) is 0 Å². The number of halogens is 2. The number of rotatable bonds is 4. The highest BCUT2D eigenvalue weighted by Crippen LogP contribution is 2.33. The number of nitrogens with one attached hydrogen (secondary N) is 1. The first-order chi connectivity index (χ1) is 8.72. The quantitative estimate of drug-likeness (QED) is 0.895. The van der Waals surface area contributed by atoms with Crippen LogP contribution < -0.4 is 5.32 Å². The van der Waals surface area contributed by atoms with E-state index in [4.69, 9.17) is 0 Å². The summed E-state index contributed by atoms with van der Waals surface area (Å²) in [7, 11) is 0. The van der Waals surface area contributed by atoms with E-state index in [1.54, 1.807) is 12.1 Å². The zero-order chi connectivity index (χ0) is 13.0. The summed E-state index contributed by atoms with van der Waals surface area (Å²) in [6, 6.07) is 5.29. The summed E-state index contributed by atoms with van der Waals surface area (Å²) in [6.45, 7) is 3.23. The van der Waals surface area contributed by atoms with Gasteiger partial charge >= 0.3 is 0 Å². The van der Waals surface area contributed by atoms with Gasteiger partial charge in [-0.2, -0.15) is 0 Å². The van der Waals surface area contributed by atoms with Crippen LogP contribution in [0.3, 0.4) is 0 Å². The number of alkyl halides is 1. The van der Waals surface area contributed by atoms with Crippen LogP contribution in [0, 0.1) is 0 Å². The second kappa shape index (κ2) is 6.50. The van der Waals surface area contributed by atoms with E-state index in [2.05, 4.69) is 26.1 Å². The molecule has 1 heterocycles. The van der Waals surface area contributed by atoms with Crippen molar-refractivity contribution in [1.29, 1.82) is 0 Å². The normalized spacial score (nSPS) is 18.8. The fraction of sp³-hybridized carbons (Fsp3) is 0.538. The molecule has 1 fully saturated rings. The van der Waals surface area contributed by atoms with Crippen molar-refractivity contribution in [2.45, 2.75) is 12.5 Å². The predicted molar refractivity (Wildman–Crippen MR) is 73.6 cm³/mol. The second-order valence-corrected chi connectivity index (χ2v) is 5.40. The van der Waals surface area contributed by atoms with Crippen molar-refractivity contribution in [2.24, 2.45) is 0 Å². The minimum atomic E-state index is -0.374. The van der Waals surface area contributed by atoms with Crippen LogP contribution in [0.4, 0.5) is 4.39 Å². The Morgan fingerprint density at radius 3 is 2.78 bits per heavy atom. The average Bonchev–Trinajstić information content (AvgIpc) is 2.40. The molecule has 0 aliphatic carbocycles. The van der Waals surface area contributed by atoms with E-state index in [1.807, 2.05) is 6.07 Å². The molecule has 2 rings (SSSR count). The van der Waals surface area contributed by atoms with Crippen molar-refractivity contribution < 1.29 is 9.50 Å². The maximum Gasteiger partial charge on any atom is 0.120 e. The summed E-state index contributed by atoms with van der Waals surface area (Å²) < 4.78 is 13.7. The van der Waals surface area contributed by atoms with Crippen molar-refractivity contribution >= 4 is 15.9 Å². The number of phenolic OH excluding ortho intramolecular Hbond substituents is 1. The van der Waals surface area contributed by atoms with E-state index < -0.39 is 0 Å². The Labute approximate surface area is 115 Å². The lowest BCUT2D eigenvalue weighted by Crippen LogP contribution is -2.45. The third-order valence-corrected chi connectivity index (χ3v) is 3.82. The Bertz CT molecular complexity index is 397. The van der Waals surface area contributed by atoms with Gasteiger partial charge in [0.1, 0.15) is 5.75 Å². The second-order valence-electron chi connectivity index (χ2n) is 4.48. The SMILES string of the molecule is Oc1ccc(Br)cc1[C@H](CCF)N1CCNCC1. The minimum Gasteiger partial charge on any atom is -0.508 e. The van der Waals surface area contributed by atoms with E-state index >= 15 is 0 Å². The minimum absolute atomic E-state index is 0.0467. The van der Waals surface area contributed by atoms with Gasteiger partial charge in [-0.1, -0.05) is 15.9 Å². The molecule has 5 heteroatoms. The molecule has 1 saturated heterocycles. The van der Waals surface area contributed by atoms with Gasteiger partial charge in [0.15, 0.2) is 0 Å². The molecule has 0 unspecified atom stereocenters. The maximum absolute atomic E-state index is 12.8. The monoisotopic (exact) mass is 316 g/mol. The lowest BCUT2D eigenvalue weighted by molar-refractivity contribution is 0.155. The van der Waals surface area contributed by atoms with Crippen molar-refractivity contribution in [2.75, 3.05) is 32.9 Å². The third-order valence-electron chi connectivity index (χ3n) is 3.32. The number of benzene rings is 1. The Kier molecular flexibility index (Phi) is 4.97. The summed E-state index contributed by atoms with van der Waals surface area (Å²) >= 11 is 3.40. The highest BCUT2D eigenvalue weighted by Gasteiger charge is 2.24. The molecule has 0 radical (unpaired) electrons. The summed E-state index contributed by atoms with van der Waals surface area (Å²) in [5.74, 6) is 0.246. The number of hydrogen-bond donors (Lipinski definition) is 2. The molecule has 0 spiro atoms. The van der Waals surface area contributed by atoms with Gasteiger partial charge in [-0.25, -0.2) is 0 Å². The molecule has 0 bridgehead atoms. The lowest BCUT2D eigenvalue weighted by Gasteiger charge is -2.35. The number of aromatic hydroxyl groups is 1. The Morgan fingerprint density at radius 1 is 1.39 bits per heavy atom. The van der Waals surface area contributed by atoms with Gasteiger partial charge in [-0.3, -0.25) is 9.29 Å². The van der Waals surface area contributed by atoms with Gasteiger partial charge < -0.3 is 10.4 Å². The van der Waals surface area contributed by atoms with Crippen LogP contribution in [0.2, 0.25) is 0 Å². The highest BCUT2D eigenvalue weighted by molar-refractivity contribution is 9.10. The van der Waals surface area contributed by atoms with Gasteiger partial charge in [0.05, 0.1) is 6.67 Å². The predicted octanol–water partition coefficient (Wildman–Crippen LogP) is 2.46. The summed E-state index contributed by atoms with van der Waals surface area (Å²) in [5, 5.41) is 13.3. The third kappa shape index (κ3) is 3.22. The van der Waals surface area contributed by atoms with Crippen molar-refractivity contribution in [3.05, 3.63) is 28.2 Å². The van der Waals surface area contributed by atoms with Crippen LogP contribution in [0.15, 0.2) is 22.7 Å². The van der Waals surface area contributed by atoms with Crippen LogP contribution in [0.5, 0.6) is 5.75 Å². The molecule has 1 aromatic carbocycles. The largest absolute Gasteiger partial charge is 0.508 e. The lowest BCUT2D eigenvalue weighted by atomic mass is 10.0. The Hall–Kier alpha value is -0.650. The molecule has 0 amide bonds. The van der Waals surface area contributed by atoms with E-state index in [-0.39, 0.29) is 18.5 Å². The molecule has 1 aliphatic heterocycles. The average molecular weight is 317 g/mol. The van der Waals surface area contributed by atoms with Gasteiger partial charge in [-0.15, -0.1) is 0 Å². The zero-order valence-electron chi connectivity index (χ0n) is 10.2. The molecular formula is C13H18BrFN2O. The molecule has 1 aromatic rings. The van der Waals surface area contributed by atoms with Crippen LogP contribution in [-0.2, 0) is 0 Å². The zero-order valence-corrected chi connectivity index (χ0v) is 11.8. The fourth-order valence-electron chi connectivity index (χ4n) is 2.42. The molecule has 1 aliphatic rings. The van der Waals surface area contributed by atoms with Crippen LogP contribution >= 0.6 is 15.9 Å². The van der Waals surface area contributed by atoms with E-state index in [0.717, 1.165) is 36.2 Å². The highest BCUT2D eigenvalue weighted by atomic mass is 79.9. The molecule has 1 atom stereocenters. The molecule has 0 saturated carbocycles. The summed E-state index contributed by atoms with van der Waals surface area (Å²) in [6.07, 6.45) is 0.421. The van der Waals surface area contributed by atoms with Crippen LogP contribution in [-0.4, -0.2) is 42.9 Å². The number of hydrogen-bond acceptors (Lipinski definition) is 3. The number of nitrogens with zero attached hydrogens (tertiary/aromatic N) is 1. The molecule has 0 aromatic heterocycles.